The third-order valence-electron chi connectivity index (χ3n) is 2.84. The van der Waals surface area contributed by atoms with Crippen molar-refractivity contribution in [3.05, 3.63) is 47.5 Å². The van der Waals surface area contributed by atoms with Gasteiger partial charge in [-0.2, -0.15) is 0 Å². The van der Waals surface area contributed by atoms with E-state index in [4.69, 9.17) is 11.6 Å². The first-order valence-electron chi connectivity index (χ1n) is 5.57. The molecule has 0 bridgehead atoms. The lowest BCUT2D eigenvalue weighted by atomic mass is 10.2. The summed E-state index contributed by atoms with van der Waals surface area (Å²) in [6.45, 7) is 0.338. The van der Waals surface area contributed by atoms with Crippen molar-refractivity contribution in [2.75, 3.05) is 11.4 Å². The van der Waals surface area contributed by atoms with Crippen molar-refractivity contribution in [1.29, 1.82) is 0 Å². The van der Waals surface area contributed by atoms with Gasteiger partial charge in [0, 0.05) is 14.8 Å². The number of carbonyl (C=O) groups is 1. The zero-order valence-electron chi connectivity index (χ0n) is 9.47. The molecule has 2 aromatic carbocycles. The van der Waals surface area contributed by atoms with E-state index in [1.165, 1.54) is 0 Å². The molecule has 0 unspecified atom stereocenters. The summed E-state index contributed by atoms with van der Waals surface area (Å²) in [5, 5.41) is 0.685. The van der Waals surface area contributed by atoms with Crippen molar-refractivity contribution in [3.8, 4) is 0 Å². The Hall–Kier alpha value is -1.45. The van der Waals surface area contributed by atoms with Gasteiger partial charge in [-0.05, 0) is 30.3 Å². The van der Waals surface area contributed by atoms with Gasteiger partial charge in [-0.25, -0.2) is 0 Å². The lowest BCUT2D eigenvalue weighted by Crippen LogP contribution is -2.22. The summed E-state index contributed by atoms with van der Waals surface area (Å²) < 4.78 is 0. The van der Waals surface area contributed by atoms with E-state index in [-0.39, 0.29) is 0 Å². The van der Waals surface area contributed by atoms with Crippen LogP contribution in [-0.2, 0) is 4.79 Å². The van der Waals surface area contributed by atoms with Gasteiger partial charge in [0.25, 0.3) is 0 Å². The topological polar surface area (TPSA) is 20.3 Å². The van der Waals surface area contributed by atoms with Crippen LogP contribution < -0.4 is 4.90 Å². The molecule has 4 heteroatoms. The van der Waals surface area contributed by atoms with Crippen LogP contribution in [-0.4, -0.2) is 12.8 Å². The van der Waals surface area contributed by atoms with Crippen molar-refractivity contribution in [3.63, 3.8) is 0 Å². The van der Waals surface area contributed by atoms with Gasteiger partial charge in [0.1, 0.15) is 6.29 Å². The van der Waals surface area contributed by atoms with Gasteiger partial charge in [-0.15, -0.1) is 0 Å². The predicted octanol–water partition coefficient (Wildman–Crippen LogP) is 4.14. The average Bonchev–Trinajstić information content (AvgIpc) is 2.39. The van der Waals surface area contributed by atoms with Gasteiger partial charge < -0.3 is 9.69 Å². The molecule has 0 radical (unpaired) electrons. The minimum atomic E-state index is 0.338. The zero-order valence-corrected chi connectivity index (χ0v) is 11.0. The lowest BCUT2D eigenvalue weighted by Gasteiger charge is -2.31. The number of hydrogen-bond acceptors (Lipinski definition) is 3. The molecule has 0 atom stereocenters. The van der Waals surface area contributed by atoms with Crippen molar-refractivity contribution < 1.29 is 4.79 Å². The second-order valence-electron chi connectivity index (χ2n) is 3.96. The predicted molar refractivity (Wildman–Crippen MR) is 75.1 cm³/mol. The van der Waals surface area contributed by atoms with E-state index in [0.717, 1.165) is 27.5 Å². The van der Waals surface area contributed by atoms with E-state index in [1.807, 2.05) is 41.3 Å². The third kappa shape index (κ3) is 1.89. The van der Waals surface area contributed by atoms with Crippen LogP contribution in [0.15, 0.2) is 52.3 Å². The van der Waals surface area contributed by atoms with E-state index in [0.29, 0.717) is 11.6 Å². The van der Waals surface area contributed by atoms with E-state index in [2.05, 4.69) is 6.07 Å². The molecule has 0 N–H and O–H groups in total. The summed E-state index contributed by atoms with van der Waals surface area (Å²) in [6, 6.07) is 13.9. The monoisotopic (exact) mass is 275 g/mol. The van der Waals surface area contributed by atoms with Gasteiger partial charge in [-0.3, -0.25) is 0 Å². The molecule has 2 nitrogen and oxygen atoms in total. The van der Waals surface area contributed by atoms with Gasteiger partial charge in [0.15, 0.2) is 0 Å². The van der Waals surface area contributed by atoms with Crippen LogP contribution in [0.5, 0.6) is 0 Å². The molecule has 18 heavy (non-hydrogen) atoms. The SMILES string of the molecule is O=CCN1c2ccccc2Sc2ccc(Cl)cc21. The summed E-state index contributed by atoms with van der Waals surface area (Å²) in [5.41, 5.74) is 2.06. The average molecular weight is 276 g/mol. The van der Waals surface area contributed by atoms with Crippen LogP contribution >= 0.6 is 23.4 Å². The minimum absolute atomic E-state index is 0.338. The fourth-order valence-electron chi connectivity index (χ4n) is 2.07. The molecule has 0 aromatic heterocycles. The smallest absolute Gasteiger partial charge is 0.139 e. The Bertz CT molecular complexity index is 614. The third-order valence-corrected chi connectivity index (χ3v) is 4.21. The van der Waals surface area contributed by atoms with Crippen molar-refractivity contribution in [1.82, 2.24) is 0 Å². The van der Waals surface area contributed by atoms with Crippen LogP contribution in [0.3, 0.4) is 0 Å². The van der Waals surface area contributed by atoms with E-state index in [9.17, 15) is 4.79 Å². The molecule has 0 saturated carbocycles. The van der Waals surface area contributed by atoms with Crippen LogP contribution in [0.2, 0.25) is 5.02 Å². The number of para-hydroxylation sites is 1. The molecule has 0 aliphatic carbocycles. The van der Waals surface area contributed by atoms with Crippen LogP contribution in [0.25, 0.3) is 0 Å². The highest BCUT2D eigenvalue weighted by Gasteiger charge is 2.22. The molecular weight excluding hydrogens is 266 g/mol. The van der Waals surface area contributed by atoms with E-state index in [1.54, 1.807) is 11.8 Å². The van der Waals surface area contributed by atoms with Gasteiger partial charge >= 0.3 is 0 Å². The number of anilines is 2. The molecule has 0 amide bonds. The molecule has 2 aromatic rings. The summed E-state index contributed by atoms with van der Waals surface area (Å²) in [5.74, 6) is 0. The first-order valence-corrected chi connectivity index (χ1v) is 6.76. The Morgan fingerprint density at radius 1 is 1.11 bits per heavy atom. The largest absolute Gasteiger partial charge is 0.332 e. The Balaban J connectivity index is 2.17. The summed E-state index contributed by atoms with van der Waals surface area (Å²) in [6.07, 6.45) is 0.914. The second kappa shape index (κ2) is 4.67. The summed E-state index contributed by atoms with van der Waals surface area (Å²) in [4.78, 5) is 15.2. The minimum Gasteiger partial charge on any atom is -0.332 e. The Morgan fingerprint density at radius 2 is 1.89 bits per heavy atom. The summed E-state index contributed by atoms with van der Waals surface area (Å²) >= 11 is 7.75. The molecule has 0 spiro atoms. The number of halogens is 1. The standard InChI is InChI=1S/C14H10ClNOS/c15-10-5-6-14-12(9-10)16(7-8-17)11-3-1-2-4-13(11)18-14/h1-6,8-9H,7H2. The van der Waals surface area contributed by atoms with Crippen molar-refractivity contribution >= 4 is 41.0 Å². The molecule has 1 aliphatic rings. The van der Waals surface area contributed by atoms with Crippen LogP contribution in [0.1, 0.15) is 0 Å². The number of aldehydes is 1. The highest BCUT2D eigenvalue weighted by atomic mass is 35.5. The molecule has 90 valence electrons. The maximum absolute atomic E-state index is 10.9. The molecule has 1 aliphatic heterocycles. The maximum atomic E-state index is 10.9. The van der Waals surface area contributed by atoms with E-state index < -0.39 is 0 Å². The van der Waals surface area contributed by atoms with Crippen LogP contribution in [0.4, 0.5) is 11.4 Å². The number of fused-ring (bicyclic) bond motifs is 2. The molecule has 0 saturated heterocycles. The molecule has 3 rings (SSSR count). The summed E-state index contributed by atoms with van der Waals surface area (Å²) in [7, 11) is 0. The number of rotatable bonds is 2. The highest BCUT2D eigenvalue weighted by Crippen LogP contribution is 2.48. The molecule has 1 heterocycles. The fourth-order valence-corrected chi connectivity index (χ4v) is 3.32. The lowest BCUT2D eigenvalue weighted by molar-refractivity contribution is -0.106. The maximum Gasteiger partial charge on any atom is 0.139 e. The number of benzene rings is 2. The van der Waals surface area contributed by atoms with E-state index >= 15 is 0 Å². The Morgan fingerprint density at radius 3 is 2.72 bits per heavy atom. The zero-order chi connectivity index (χ0) is 12.5. The quantitative estimate of drug-likeness (QED) is 0.768. The van der Waals surface area contributed by atoms with Gasteiger partial charge in [0.05, 0.1) is 17.9 Å². The molecule has 0 fully saturated rings. The highest BCUT2D eigenvalue weighted by molar-refractivity contribution is 7.99. The van der Waals surface area contributed by atoms with Crippen molar-refractivity contribution in [2.24, 2.45) is 0 Å². The van der Waals surface area contributed by atoms with Crippen molar-refractivity contribution in [2.45, 2.75) is 9.79 Å². The number of hydrogen-bond donors (Lipinski definition) is 0. The Kier molecular flexibility index (Phi) is 3.02. The first kappa shape index (κ1) is 11.6. The van der Waals surface area contributed by atoms with Crippen LogP contribution in [0, 0.1) is 0 Å². The number of carbonyl (C=O) groups excluding carboxylic acids is 1. The normalized spacial score (nSPS) is 12.8. The second-order valence-corrected chi connectivity index (χ2v) is 5.48. The number of nitrogens with zero attached hydrogens (tertiary/aromatic N) is 1. The Labute approximate surface area is 115 Å². The molecular formula is C14H10ClNOS. The fraction of sp³-hybridized carbons (Fsp3) is 0.0714. The van der Waals surface area contributed by atoms with Gasteiger partial charge in [0.2, 0.25) is 0 Å². The first-order chi connectivity index (χ1) is 8.79. The van der Waals surface area contributed by atoms with Gasteiger partial charge in [-0.1, -0.05) is 35.5 Å².